The highest BCUT2D eigenvalue weighted by molar-refractivity contribution is 5.99. The number of carbonyl (C=O) groups excluding carboxylic acids is 1. The Kier molecular flexibility index (Phi) is 9.15. The highest BCUT2D eigenvalue weighted by Crippen LogP contribution is 2.12. The summed E-state index contributed by atoms with van der Waals surface area (Å²) in [5.41, 5.74) is 1.39. The van der Waals surface area contributed by atoms with E-state index >= 15 is 0 Å². The fourth-order valence-corrected chi connectivity index (χ4v) is 1.79. The van der Waals surface area contributed by atoms with E-state index < -0.39 is 0 Å². The standard InChI is InChI=1S/C15H25N3O3/c1-3-17-14-6-8-16-12-13(14)15(19)18-7-4-5-9-21-11-10-20-2/h6,8,12H,3-5,7,9-11H2,1-2H3,(H,16,17)(H,18,19). The van der Waals surface area contributed by atoms with E-state index in [1.165, 1.54) is 0 Å². The van der Waals surface area contributed by atoms with Crippen LogP contribution in [0.1, 0.15) is 30.1 Å². The molecule has 0 aliphatic heterocycles. The van der Waals surface area contributed by atoms with Crippen LogP contribution in [-0.4, -0.2) is 50.9 Å². The molecule has 118 valence electrons. The lowest BCUT2D eigenvalue weighted by Gasteiger charge is -2.10. The van der Waals surface area contributed by atoms with E-state index in [4.69, 9.17) is 9.47 Å². The zero-order valence-electron chi connectivity index (χ0n) is 12.9. The number of hydrogen-bond acceptors (Lipinski definition) is 5. The van der Waals surface area contributed by atoms with Gasteiger partial charge in [-0.2, -0.15) is 0 Å². The summed E-state index contributed by atoms with van der Waals surface area (Å²) in [5, 5.41) is 6.06. The third-order valence-electron chi connectivity index (χ3n) is 2.87. The number of amides is 1. The van der Waals surface area contributed by atoms with E-state index in [-0.39, 0.29) is 5.91 Å². The van der Waals surface area contributed by atoms with Crippen LogP contribution in [0.15, 0.2) is 18.5 Å². The number of nitrogens with one attached hydrogen (secondary N) is 2. The molecule has 0 atom stereocenters. The van der Waals surface area contributed by atoms with E-state index in [2.05, 4.69) is 15.6 Å². The number of nitrogens with zero attached hydrogens (tertiary/aromatic N) is 1. The van der Waals surface area contributed by atoms with Crippen molar-refractivity contribution >= 4 is 11.6 Å². The molecule has 1 aromatic rings. The van der Waals surface area contributed by atoms with Gasteiger partial charge in [0.05, 0.1) is 24.5 Å². The number of aromatic nitrogens is 1. The van der Waals surface area contributed by atoms with Gasteiger partial charge in [-0.1, -0.05) is 0 Å². The van der Waals surface area contributed by atoms with E-state index in [0.29, 0.717) is 31.9 Å². The fraction of sp³-hybridized carbons (Fsp3) is 0.600. The Morgan fingerprint density at radius 2 is 2.14 bits per heavy atom. The molecule has 2 N–H and O–H groups in total. The van der Waals surface area contributed by atoms with Crippen molar-refractivity contribution in [1.29, 1.82) is 0 Å². The van der Waals surface area contributed by atoms with Crippen molar-refractivity contribution in [2.75, 3.05) is 45.3 Å². The lowest BCUT2D eigenvalue weighted by molar-refractivity contribution is 0.0686. The van der Waals surface area contributed by atoms with Crippen LogP contribution in [0.2, 0.25) is 0 Å². The first-order valence-electron chi connectivity index (χ1n) is 7.32. The molecule has 0 radical (unpaired) electrons. The van der Waals surface area contributed by atoms with Crippen molar-refractivity contribution in [2.45, 2.75) is 19.8 Å². The highest BCUT2D eigenvalue weighted by atomic mass is 16.5. The molecule has 1 rings (SSSR count). The van der Waals surface area contributed by atoms with Gasteiger partial charge >= 0.3 is 0 Å². The Balaban J connectivity index is 2.22. The van der Waals surface area contributed by atoms with E-state index in [0.717, 1.165) is 25.1 Å². The first-order chi connectivity index (χ1) is 10.3. The number of methoxy groups -OCH3 is 1. The summed E-state index contributed by atoms with van der Waals surface area (Å²) < 4.78 is 10.2. The largest absolute Gasteiger partial charge is 0.385 e. The van der Waals surface area contributed by atoms with Crippen LogP contribution in [0.25, 0.3) is 0 Å². The lowest BCUT2D eigenvalue weighted by atomic mass is 10.2. The Labute approximate surface area is 126 Å². The Morgan fingerprint density at radius 1 is 1.29 bits per heavy atom. The van der Waals surface area contributed by atoms with Gasteiger partial charge in [0.1, 0.15) is 0 Å². The molecule has 0 unspecified atom stereocenters. The van der Waals surface area contributed by atoms with Crippen LogP contribution in [0.4, 0.5) is 5.69 Å². The van der Waals surface area contributed by atoms with E-state index in [9.17, 15) is 4.79 Å². The maximum absolute atomic E-state index is 12.1. The van der Waals surface area contributed by atoms with Crippen LogP contribution in [0.3, 0.4) is 0 Å². The molecule has 6 heteroatoms. The van der Waals surface area contributed by atoms with E-state index in [1.807, 2.05) is 13.0 Å². The SMILES string of the molecule is CCNc1ccncc1C(=O)NCCCCOCCOC. The van der Waals surface area contributed by atoms with Crippen molar-refractivity contribution in [3.63, 3.8) is 0 Å². The number of unbranched alkanes of at least 4 members (excludes halogenated alkanes) is 1. The van der Waals surface area contributed by atoms with Gasteiger partial charge in [0.15, 0.2) is 0 Å². The summed E-state index contributed by atoms with van der Waals surface area (Å²) in [5.74, 6) is -0.0978. The number of ether oxygens (including phenoxy) is 2. The lowest BCUT2D eigenvalue weighted by Crippen LogP contribution is -2.25. The van der Waals surface area contributed by atoms with Crippen molar-refractivity contribution in [2.24, 2.45) is 0 Å². The Morgan fingerprint density at radius 3 is 2.90 bits per heavy atom. The number of hydrogen-bond donors (Lipinski definition) is 2. The van der Waals surface area contributed by atoms with Gasteiger partial charge in [0.2, 0.25) is 0 Å². The van der Waals surface area contributed by atoms with Gasteiger partial charge < -0.3 is 20.1 Å². The second-order valence-electron chi connectivity index (χ2n) is 4.52. The van der Waals surface area contributed by atoms with Crippen LogP contribution in [0.5, 0.6) is 0 Å². The smallest absolute Gasteiger partial charge is 0.254 e. The third kappa shape index (κ3) is 7.06. The molecule has 0 saturated heterocycles. The van der Waals surface area contributed by atoms with Crippen molar-refractivity contribution in [1.82, 2.24) is 10.3 Å². The Hall–Kier alpha value is -1.66. The molecule has 0 aliphatic rings. The summed E-state index contributed by atoms with van der Waals surface area (Å²) in [6.45, 7) is 5.31. The molecular weight excluding hydrogens is 270 g/mol. The van der Waals surface area contributed by atoms with Crippen molar-refractivity contribution in [3.8, 4) is 0 Å². The maximum Gasteiger partial charge on any atom is 0.254 e. The zero-order chi connectivity index (χ0) is 15.3. The average molecular weight is 295 g/mol. The number of carbonyl (C=O) groups is 1. The predicted octanol–water partition coefficient (Wildman–Crippen LogP) is 1.69. The van der Waals surface area contributed by atoms with Crippen molar-refractivity contribution < 1.29 is 14.3 Å². The van der Waals surface area contributed by atoms with Gasteiger partial charge in [-0.25, -0.2) is 0 Å². The first kappa shape index (κ1) is 17.4. The maximum atomic E-state index is 12.1. The van der Waals surface area contributed by atoms with Crippen LogP contribution in [0, 0.1) is 0 Å². The number of rotatable bonds is 11. The summed E-state index contributed by atoms with van der Waals surface area (Å²) in [6.07, 6.45) is 5.06. The quantitative estimate of drug-likeness (QED) is 0.608. The van der Waals surface area contributed by atoms with Gasteiger partial charge in [-0.05, 0) is 25.8 Å². The predicted molar refractivity (Wildman–Crippen MR) is 82.7 cm³/mol. The minimum atomic E-state index is -0.0978. The first-order valence-corrected chi connectivity index (χ1v) is 7.32. The molecule has 0 fully saturated rings. The minimum Gasteiger partial charge on any atom is -0.385 e. The summed E-state index contributed by atoms with van der Waals surface area (Å²) >= 11 is 0. The minimum absolute atomic E-state index is 0.0978. The van der Waals surface area contributed by atoms with Crippen molar-refractivity contribution in [3.05, 3.63) is 24.0 Å². The summed E-state index contributed by atoms with van der Waals surface area (Å²) in [4.78, 5) is 16.1. The average Bonchev–Trinajstić information content (AvgIpc) is 2.50. The van der Waals surface area contributed by atoms with Gasteiger partial charge in [0.25, 0.3) is 5.91 Å². The molecule has 0 bridgehead atoms. The van der Waals surface area contributed by atoms with Crippen LogP contribution in [-0.2, 0) is 9.47 Å². The van der Waals surface area contributed by atoms with Gasteiger partial charge in [0, 0.05) is 39.2 Å². The van der Waals surface area contributed by atoms with Crippen LogP contribution >= 0.6 is 0 Å². The molecule has 1 amide bonds. The molecule has 0 spiro atoms. The zero-order valence-corrected chi connectivity index (χ0v) is 12.9. The molecule has 1 heterocycles. The Bertz CT molecular complexity index is 413. The van der Waals surface area contributed by atoms with E-state index in [1.54, 1.807) is 19.5 Å². The van der Waals surface area contributed by atoms with Crippen LogP contribution < -0.4 is 10.6 Å². The van der Waals surface area contributed by atoms with Gasteiger partial charge in [-0.15, -0.1) is 0 Å². The monoisotopic (exact) mass is 295 g/mol. The fourth-order valence-electron chi connectivity index (χ4n) is 1.79. The molecule has 21 heavy (non-hydrogen) atoms. The molecule has 0 saturated carbocycles. The molecule has 1 aromatic heterocycles. The topological polar surface area (TPSA) is 72.5 Å². The summed E-state index contributed by atoms with van der Waals surface area (Å²) in [7, 11) is 1.65. The third-order valence-corrected chi connectivity index (χ3v) is 2.87. The highest BCUT2D eigenvalue weighted by Gasteiger charge is 2.10. The molecule has 0 aliphatic carbocycles. The molecular formula is C15H25N3O3. The van der Waals surface area contributed by atoms with Gasteiger partial charge in [-0.3, -0.25) is 9.78 Å². The normalized spacial score (nSPS) is 10.4. The molecule has 6 nitrogen and oxygen atoms in total. The molecule has 0 aromatic carbocycles. The second kappa shape index (κ2) is 11.0. The second-order valence-corrected chi connectivity index (χ2v) is 4.52. The number of anilines is 1. The summed E-state index contributed by atoms with van der Waals surface area (Å²) in [6, 6.07) is 1.81. The number of pyridine rings is 1.